The van der Waals surface area contributed by atoms with Crippen molar-refractivity contribution in [1.82, 2.24) is 0 Å². The Hall–Kier alpha value is -1.39. The van der Waals surface area contributed by atoms with E-state index in [2.05, 4.69) is 111 Å². The maximum absolute atomic E-state index is 6.75. The summed E-state index contributed by atoms with van der Waals surface area (Å²) in [4.78, 5) is 0. The normalized spacial score (nSPS) is 12.7. The van der Waals surface area contributed by atoms with Crippen LogP contribution >= 0.6 is 0 Å². The molecular formula is C20H34N2O2Si3. The highest BCUT2D eigenvalue weighted by molar-refractivity contribution is 6.89. The number of hydrogen-bond donors (Lipinski definition) is 0. The molecule has 0 aromatic heterocycles. The van der Waals surface area contributed by atoms with Crippen molar-refractivity contribution >= 4 is 36.9 Å². The molecule has 2 aromatic rings. The molecule has 0 saturated heterocycles. The van der Waals surface area contributed by atoms with Gasteiger partial charge in [0.1, 0.15) is 0 Å². The van der Waals surface area contributed by atoms with Gasteiger partial charge in [0.2, 0.25) is 0 Å². The Morgan fingerprint density at radius 3 is 1.15 bits per heavy atom. The van der Waals surface area contributed by atoms with E-state index in [9.17, 15) is 0 Å². The Kier molecular flexibility index (Phi) is 6.75. The average molecular weight is 419 g/mol. The van der Waals surface area contributed by atoms with E-state index in [0.717, 1.165) is 0 Å². The fourth-order valence-corrected chi connectivity index (χ4v) is 16.1. The summed E-state index contributed by atoms with van der Waals surface area (Å²) in [6, 6.07) is 20.9. The summed E-state index contributed by atoms with van der Waals surface area (Å²) in [5.74, 6) is 0. The van der Waals surface area contributed by atoms with Crippen molar-refractivity contribution in [2.24, 2.45) is 0 Å². The largest absolute Gasteiger partial charge is 0.420 e. The van der Waals surface area contributed by atoms with Crippen LogP contribution in [0.15, 0.2) is 60.7 Å². The zero-order chi connectivity index (χ0) is 20.3. The van der Waals surface area contributed by atoms with Gasteiger partial charge in [0, 0.05) is 11.4 Å². The molecule has 0 heterocycles. The van der Waals surface area contributed by atoms with Crippen molar-refractivity contribution in [3.05, 3.63) is 60.7 Å². The van der Waals surface area contributed by atoms with Crippen molar-refractivity contribution in [2.45, 2.75) is 39.3 Å². The lowest BCUT2D eigenvalue weighted by atomic mass is 10.3. The first-order valence-corrected chi connectivity index (χ1v) is 18.0. The Balaban J connectivity index is 2.12. The highest BCUT2D eigenvalue weighted by Crippen LogP contribution is 2.28. The molecule has 27 heavy (non-hydrogen) atoms. The van der Waals surface area contributed by atoms with Crippen LogP contribution in [0.25, 0.3) is 0 Å². The van der Waals surface area contributed by atoms with Crippen LogP contribution < -0.4 is 9.13 Å². The van der Waals surface area contributed by atoms with Gasteiger partial charge in [-0.15, -0.1) is 0 Å². The van der Waals surface area contributed by atoms with E-state index in [1.165, 1.54) is 11.4 Å². The first-order chi connectivity index (χ1) is 12.4. The van der Waals surface area contributed by atoms with Crippen molar-refractivity contribution in [3.8, 4) is 0 Å². The van der Waals surface area contributed by atoms with Crippen LogP contribution in [0.1, 0.15) is 0 Å². The summed E-state index contributed by atoms with van der Waals surface area (Å²) in [5, 5.41) is 0. The van der Waals surface area contributed by atoms with Gasteiger partial charge < -0.3 is 17.4 Å². The second-order valence-corrected chi connectivity index (χ2v) is 19.8. The van der Waals surface area contributed by atoms with E-state index in [1.54, 1.807) is 0 Å². The number of nitrogens with zero attached hydrogens (tertiary/aromatic N) is 2. The fraction of sp³-hybridized carbons (Fsp3) is 0.400. The maximum atomic E-state index is 6.75. The molecule has 0 aliphatic heterocycles. The van der Waals surface area contributed by atoms with Gasteiger partial charge in [-0.1, -0.05) is 36.4 Å². The topological polar surface area (TPSA) is 24.9 Å². The molecular weight excluding hydrogens is 384 g/mol. The number of para-hydroxylation sites is 2. The summed E-state index contributed by atoms with van der Waals surface area (Å²) in [5.41, 5.74) is 2.38. The smallest absolute Gasteiger partial charge is 0.313 e. The van der Waals surface area contributed by atoms with Crippen LogP contribution in [0.2, 0.25) is 39.3 Å². The molecule has 0 amide bonds. The van der Waals surface area contributed by atoms with Crippen LogP contribution in [0.4, 0.5) is 11.4 Å². The SMILES string of the molecule is CN(c1ccccc1)[Si](C)(C)O[Si](C)(C)O[Si](C)(C)N(C)c1ccccc1. The molecule has 148 valence electrons. The Morgan fingerprint density at radius 2 is 0.852 bits per heavy atom. The van der Waals surface area contributed by atoms with Gasteiger partial charge in [-0.2, -0.15) is 0 Å². The van der Waals surface area contributed by atoms with E-state index in [0.29, 0.717) is 0 Å². The van der Waals surface area contributed by atoms with Crippen molar-refractivity contribution < 1.29 is 8.23 Å². The first-order valence-electron chi connectivity index (χ1n) is 9.43. The predicted molar refractivity (Wildman–Crippen MR) is 124 cm³/mol. The molecule has 0 aliphatic carbocycles. The lowest BCUT2D eigenvalue weighted by Crippen LogP contribution is -2.62. The van der Waals surface area contributed by atoms with Crippen LogP contribution in [0.5, 0.6) is 0 Å². The third-order valence-electron chi connectivity index (χ3n) is 4.89. The number of hydrogen-bond acceptors (Lipinski definition) is 4. The van der Waals surface area contributed by atoms with E-state index in [4.69, 9.17) is 8.23 Å². The van der Waals surface area contributed by atoms with Crippen molar-refractivity contribution in [3.63, 3.8) is 0 Å². The van der Waals surface area contributed by atoms with Gasteiger partial charge in [-0.25, -0.2) is 0 Å². The molecule has 0 N–H and O–H groups in total. The van der Waals surface area contributed by atoms with Crippen LogP contribution in [-0.4, -0.2) is 39.6 Å². The highest BCUT2D eigenvalue weighted by Gasteiger charge is 2.44. The molecule has 2 rings (SSSR count). The molecule has 0 atom stereocenters. The lowest BCUT2D eigenvalue weighted by molar-refractivity contribution is 0.387. The molecule has 0 radical (unpaired) electrons. The van der Waals surface area contributed by atoms with Crippen molar-refractivity contribution in [1.29, 1.82) is 0 Å². The third-order valence-corrected chi connectivity index (χ3v) is 16.6. The van der Waals surface area contributed by atoms with Crippen LogP contribution in [0, 0.1) is 0 Å². The minimum atomic E-state index is -2.33. The van der Waals surface area contributed by atoms with Gasteiger partial charge in [0.25, 0.3) is 17.0 Å². The van der Waals surface area contributed by atoms with Gasteiger partial charge >= 0.3 is 8.56 Å². The molecule has 0 saturated carbocycles. The minimum absolute atomic E-state index is 1.19. The molecule has 7 heteroatoms. The standard InChI is InChI=1S/C20H34N2O2Si3/c1-21(19-15-11-9-12-16-19)25(3,4)23-27(7,8)24-26(5,6)22(2)20-17-13-10-14-18-20/h9-18H,1-8H3. The summed E-state index contributed by atoms with van der Waals surface area (Å²) >= 11 is 0. The zero-order valence-corrected chi connectivity index (χ0v) is 21.0. The predicted octanol–water partition coefficient (Wildman–Crippen LogP) is 5.40. The van der Waals surface area contributed by atoms with Gasteiger partial charge in [0.15, 0.2) is 0 Å². The Labute approximate surface area is 168 Å². The van der Waals surface area contributed by atoms with Gasteiger partial charge in [0.05, 0.1) is 0 Å². The summed E-state index contributed by atoms with van der Waals surface area (Å²) < 4.78 is 18.1. The van der Waals surface area contributed by atoms with Crippen molar-refractivity contribution in [2.75, 3.05) is 23.2 Å². The molecule has 0 aliphatic rings. The monoisotopic (exact) mass is 418 g/mol. The van der Waals surface area contributed by atoms with Gasteiger partial charge in [-0.3, -0.25) is 0 Å². The fourth-order valence-electron chi connectivity index (χ4n) is 3.29. The zero-order valence-electron chi connectivity index (χ0n) is 18.0. The number of anilines is 2. The second-order valence-electron chi connectivity index (χ2n) is 8.29. The quantitative estimate of drug-likeness (QED) is 0.536. The first kappa shape index (κ1) is 21.9. The Morgan fingerprint density at radius 1 is 0.556 bits per heavy atom. The van der Waals surface area contributed by atoms with Gasteiger partial charge in [-0.05, 0) is 77.6 Å². The van der Waals surface area contributed by atoms with E-state index < -0.39 is 25.5 Å². The molecule has 0 bridgehead atoms. The summed E-state index contributed by atoms with van der Waals surface area (Å²) in [6.45, 7) is 13.3. The molecule has 4 nitrogen and oxygen atoms in total. The molecule has 0 spiro atoms. The number of benzene rings is 2. The van der Waals surface area contributed by atoms with E-state index >= 15 is 0 Å². The third kappa shape index (κ3) is 5.79. The van der Waals surface area contributed by atoms with E-state index in [-0.39, 0.29) is 0 Å². The molecule has 2 aromatic carbocycles. The summed E-state index contributed by atoms with van der Waals surface area (Å²) in [7, 11) is -2.31. The van der Waals surface area contributed by atoms with Crippen LogP contribution in [0.3, 0.4) is 0 Å². The minimum Gasteiger partial charge on any atom is -0.420 e. The molecule has 0 fully saturated rings. The molecule has 0 unspecified atom stereocenters. The Bertz CT molecular complexity index is 663. The maximum Gasteiger partial charge on any atom is 0.313 e. The lowest BCUT2D eigenvalue weighted by Gasteiger charge is -2.45. The van der Waals surface area contributed by atoms with E-state index in [1.807, 2.05) is 12.1 Å². The number of rotatable bonds is 8. The summed E-state index contributed by atoms with van der Waals surface area (Å²) in [6.07, 6.45) is 0. The average Bonchev–Trinajstić information content (AvgIpc) is 2.60. The second kappa shape index (κ2) is 8.32. The van der Waals surface area contributed by atoms with Crippen LogP contribution in [-0.2, 0) is 8.23 Å². The highest BCUT2D eigenvalue weighted by atomic mass is 28.5.